The Morgan fingerprint density at radius 1 is 1.56 bits per heavy atom. The molecule has 0 aliphatic rings. The molecule has 0 aliphatic carbocycles. The van der Waals surface area contributed by atoms with Gasteiger partial charge in [0.05, 0.1) is 17.4 Å². The van der Waals surface area contributed by atoms with Gasteiger partial charge in [-0.05, 0) is 20.8 Å². The molecule has 0 aromatic carbocycles. The van der Waals surface area contributed by atoms with Gasteiger partial charge in [-0.25, -0.2) is 4.98 Å². The Labute approximate surface area is 115 Å². The molecule has 1 heterocycles. The molecule has 1 aromatic rings. The summed E-state index contributed by atoms with van der Waals surface area (Å²) in [7, 11) is 0. The van der Waals surface area contributed by atoms with Crippen molar-refractivity contribution in [3.8, 4) is 0 Å². The first-order chi connectivity index (χ1) is 8.43. The van der Waals surface area contributed by atoms with Crippen LogP contribution in [0.1, 0.15) is 24.4 Å². The van der Waals surface area contributed by atoms with E-state index < -0.39 is 0 Å². The summed E-state index contributed by atoms with van der Waals surface area (Å²) in [5.74, 6) is -0.373. The molecule has 0 bridgehead atoms. The second kappa shape index (κ2) is 6.75. The van der Waals surface area contributed by atoms with Crippen molar-refractivity contribution < 1.29 is 9.59 Å². The monoisotopic (exact) mass is 287 g/mol. The third-order valence-corrected chi connectivity index (χ3v) is 4.56. The lowest BCUT2D eigenvalue weighted by molar-refractivity contribution is -0.120. The van der Waals surface area contributed by atoms with Crippen molar-refractivity contribution in [2.45, 2.75) is 36.8 Å². The van der Waals surface area contributed by atoms with E-state index in [1.54, 1.807) is 0 Å². The fraction of sp³-hybridized carbons (Fsp3) is 0.545. The van der Waals surface area contributed by atoms with Gasteiger partial charge in [0.25, 0.3) is 0 Å². The number of hydrogen-bond donors (Lipinski definition) is 2. The first kappa shape index (κ1) is 15.0. The normalized spacial score (nSPS) is 12.2. The minimum atomic E-state index is -0.366. The number of rotatable bonds is 6. The van der Waals surface area contributed by atoms with Gasteiger partial charge in [0.2, 0.25) is 11.8 Å². The number of hydrogen-bond acceptors (Lipinski definition) is 5. The maximum Gasteiger partial charge on any atom is 0.233 e. The summed E-state index contributed by atoms with van der Waals surface area (Å²) >= 11 is 2.82. The molecule has 2 amide bonds. The van der Waals surface area contributed by atoms with Crippen molar-refractivity contribution in [3.05, 3.63) is 10.6 Å². The van der Waals surface area contributed by atoms with Gasteiger partial charge >= 0.3 is 0 Å². The van der Waals surface area contributed by atoms with Crippen molar-refractivity contribution in [1.82, 2.24) is 10.3 Å². The fourth-order valence-electron chi connectivity index (χ4n) is 1.30. The Morgan fingerprint density at radius 2 is 2.22 bits per heavy atom. The number of thioether (sulfide) groups is 1. The third-order valence-electron chi connectivity index (χ3n) is 2.21. The Balaban J connectivity index is 2.68. The summed E-state index contributed by atoms with van der Waals surface area (Å²) in [6, 6.07) is 0. The van der Waals surface area contributed by atoms with Gasteiger partial charge in [-0.2, -0.15) is 0 Å². The predicted molar refractivity (Wildman–Crippen MR) is 73.8 cm³/mol. The van der Waals surface area contributed by atoms with Crippen LogP contribution in [0.15, 0.2) is 4.34 Å². The minimum Gasteiger partial charge on any atom is -0.369 e. The average Bonchev–Trinajstić information content (AvgIpc) is 2.58. The highest BCUT2D eigenvalue weighted by atomic mass is 32.2. The van der Waals surface area contributed by atoms with E-state index in [1.807, 2.05) is 20.8 Å². The average molecular weight is 287 g/mol. The van der Waals surface area contributed by atoms with Crippen molar-refractivity contribution >= 4 is 34.9 Å². The minimum absolute atomic E-state index is 0.00759. The Kier molecular flexibility index (Phi) is 5.61. The molecule has 0 radical (unpaired) electrons. The van der Waals surface area contributed by atoms with Crippen LogP contribution in [0.2, 0.25) is 0 Å². The molecule has 1 rings (SSSR count). The molecule has 0 saturated heterocycles. The van der Waals surface area contributed by atoms with Crippen LogP contribution in [0.3, 0.4) is 0 Å². The molecule has 7 heteroatoms. The highest BCUT2D eigenvalue weighted by Crippen LogP contribution is 2.30. The molecule has 18 heavy (non-hydrogen) atoms. The summed E-state index contributed by atoms with van der Waals surface area (Å²) < 4.78 is 0.794. The number of primary amides is 1. The van der Waals surface area contributed by atoms with E-state index in [4.69, 9.17) is 5.73 Å². The molecule has 1 unspecified atom stereocenters. The Bertz CT molecular complexity index is 445. The van der Waals surface area contributed by atoms with E-state index in [1.165, 1.54) is 23.1 Å². The zero-order chi connectivity index (χ0) is 13.7. The number of carbonyl (C=O) groups is 2. The number of carbonyl (C=O) groups excluding carboxylic acids is 2. The van der Waals surface area contributed by atoms with Gasteiger partial charge in [-0.15, -0.1) is 11.3 Å². The van der Waals surface area contributed by atoms with Crippen LogP contribution in [0.25, 0.3) is 0 Å². The van der Waals surface area contributed by atoms with E-state index in [2.05, 4.69) is 10.3 Å². The van der Waals surface area contributed by atoms with Crippen molar-refractivity contribution in [2.24, 2.45) is 5.73 Å². The van der Waals surface area contributed by atoms with E-state index in [0.29, 0.717) is 6.54 Å². The quantitative estimate of drug-likeness (QED) is 0.767. The van der Waals surface area contributed by atoms with Crippen LogP contribution >= 0.6 is 23.1 Å². The SMILES string of the molecule is CCNC(=O)C(C)Sc1nc(C)c(CC(N)=O)s1. The second-order valence-electron chi connectivity index (χ2n) is 3.79. The highest BCUT2D eigenvalue weighted by molar-refractivity contribution is 8.02. The van der Waals surface area contributed by atoms with Crippen LogP contribution in [-0.4, -0.2) is 28.6 Å². The molecule has 100 valence electrons. The van der Waals surface area contributed by atoms with Gasteiger partial charge in [-0.1, -0.05) is 11.8 Å². The van der Waals surface area contributed by atoms with Crippen molar-refractivity contribution in [3.63, 3.8) is 0 Å². The number of nitrogens with one attached hydrogen (secondary N) is 1. The van der Waals surface area contributed by atoms with E-state index in [0.717, 1.165) is 14.9 Å². The maximum absolute atomic E-state index is 11.6. The number of nitrogens with two attached hydrogens (primary N) is 1. The summed E-state index contributed by atoms with van der Waals surface area (Å²) in [4.78, 5) is 27.7. The summed E-state index contributed by atoms with van der Waals surface area (Å²) in [6.45, 7) is 6.18. The maximum atomic E-state index is 11.6. The number of nitrogens with zero attached hydrogens (tertiary/aromatic N) is 1. The molecule has 0 saturated carbocycles. The smallest absolute Gasteiger partial charge is 0.233 e. The standard InChI is InChI=1S/C11H17N3O2S2/c1-4-13-10(16)7(3)17-11-14-6(2)8(18-11)5-9(12)15/h7H,4-5H2,1-3H3,(H2,12,15)(H,13,16). The van der Waals surface area contributed by atoms with E-state index >= 15 is 0 Å². The van der Waals surface area contributed by atoms with Crippen LogP contribution in [0, 0.1) is 6.92 Å². The van der Waals surface area contributed by atoms with Gasteiger partial charge in [0.1, 0.15) is 0 Å². The van der Waals surface area contributed by atoms with Crippen LogP contribution < -0.4 is 11.1 Å². The van der Waals surface area contributed by atoms with Crippen LogP contribution in [0.5, 0.6) is 0 Å². The second-order valence-corrected chi connectivity index (χ2v) is 6.46. The molecule has 1 aromatic heterocycles. The van der Waals surface area contributed by atoms with Crippen LogP contribution in [-0.2, 0) is 16.0 Å². The van der Waals surface area contributed by atoms with Crippen LogP contribution in [0.4, 0.5) is 0 Å². The number of aromatic nitrogens is 1. The molecular formula is C11H17N3O2S2. The zero-order valence-corrected chi connectivity index (χ0v) is 12.3. The molecule has 3 N–H and O–H groups in total. The topological polar surface area (TPSA) is 85.1 Å². The molecule has 0 spiro atoms. The summed E-state index contributed by atoms with van der Waals surface area (Å²) in [6.07, 6.45) is 0.208. The van der Waals surface area contributed by atoms with Gasteiger partial charge in [-0.3, -0.25) is 9.59 Å². The number of thiazole rings is 1. The third kappa shape index (κ3) is 4.30. The lowest BCUT2D eigenvalue weighted by Crippen LogP contribution is -2.30. The van der Waals surface area contributed by atoms with Gasteiger partial charge in [0.15, 0.2) is 4.34 Å². The Hall–Kier alpha value is -1.08. The highest BCUT2D eigenvalue weighted by Gasteiger charge is 2.17. The lowest BCUT2D eigenvalue weighted by Gasteiger charge is -2.08. The molecule has 0 fully saturated rings. The molecular weight excluding hydrogens is 270 g/mol. The van der Waals surface area contributed by atoms with E-state index in [9.17, 15) is 9.59 Å². The van der Waals surface area contributed by atoms with Gasteiger partial charge < -0.3 is 11.1 Å². The first-order valence-corrected chi connectivity index (χ1v) is 7.32. The number of aryl methyl sites for hydroxylation is 1. The lowest BCUT2D eigenvalue weighted by atomic mass is 10.3. The predicted octanol–water partition coefficient (Wildman–Crippen LogP) is 1.10. The molecule has 5 nitrogen and oxygen atoms in total. The molecule has 1 atom stereocenters. The summed E-state index contributed by atoms with van der Waals surface area (Å²) in [5, 5.41) is 2.56. The van der Waals surface area contributed by atoms with E-state index in [-0.39, 0.29) is 23.5 Å². The largest absolute Gasteiger partial charge is 0.369 e. The number of amides is 2. The van der Waals surface area contributed by atoms with Crippen molar-refractivity contribution in [1.29, 1.82) is 0 Å². The summed E-state index contributed by atoms with van der Waals surface area (Å²) in [5.41, 5.74) is 5.97. The zero-order valence-electron chi connectivity index (χ0n) is 10.6. The fourth-order valence-corrected chi connectivity index (χ4v) is 3.71. The Morgan fingerprint density at radius 3 is 2.78 bits per heavy atom. The van der Waals surface area contributed by atoms with Crippen molar-refractivity contribution in [2.75, 3.05) is 6.54 Å². The van der Waals surface area contributed by atoms with Gasteiger partial charge in [0, 0.05) is 11.4 Å². The first-order valence-electron chi connectivity index (χ1n) is 5.63. The molecule has 0 aliphatic heterocycles.